The van der Waals surface area contributed by atoms with Crippen LogP contribution in [0.3, 0.4) is 0 Å². The highest BCUT2D eigenvalue weighted by atomic mass is 14.9. The topological polar surface area (TPSA) is 12.0 Å². The Hall–Kier alpha value is -1.08. The summed E-state index contributed by atoms with van der Waals surface area (Å²) in [6, 6.07) is 10.9. The molecule has 1 aromatic carbocycles. The minimum Gasteiger partial charge on any atom is -0.307 e. The fourth-order valence-corrected chi connectivity index (χ4v) is 1.30. The van der Waals surface area contributed by atoms with E-state index in [9.17, 15) is 0 Å². The van der Waals surface area contributed by atoms with Gasteiger partial charge in [0.25, 0.3) is 0 Å². The summed E-state index contributed by atoms with van der Waals surface area (Å²) in [5.74, 6) is 0. The van der Waals surface area contributed by atoms with Crippen LogP contribution in [-0.2, 0) is 0 Å². The molecule has 0 spiro atoms. The monoisotopic (exact) mass is 189 g/mol. The van der Waals surface area contributed by atoms with Gasteiger partial charge >= 0.3 is 0 Å². The van der Waals surface area contributed by atoms with Crippen LogP contribution in [0.25, 0.3) is 0 Å². The molecule has 0 aromatic heterocycles. The molecular formula is C13H19N. The largest absolute Gasteiger partial charge is 0.307 e. The molecule has 0 saturated carbocycles. The minimum atomic E-state index is 0.423. The van der Waals surface area contributed by atoms with Crippen molar-refractivity contribution in [2.24, 2.45) is 0 Å². The Labute approximate surface area is 86.8 Å². The molecule has 0 fully saturated rings. The van der Waals surface area contributed by atoms with Crippen molar-refractivity contribution in [2.45, 2.75) is 26.8 Å². The SMILES string of the molecule is CC(C)=CCNC(C)c1ccccc1. The fourth-order valence-electron chi connectivity index (χ4n) is 1.30. The lowest BCUT2D eigenvalue weighted by atomic mass is 10.1. The van der Waals surface area contributed by atoms with E-state index in [1.54, 1.807) is 0 Å². The fraction of sp³-hybridized carbons (Fsp3) is 0.385. The van der Waals surface area contributed by atoms with Crippen LogP contribution in [0, 0.1) is 0 Å². The molecular weight excluding hydrogens is 170 g/mol. The maximum absolute atomic E-state index is 3.45. The van der Waals surface area contributed by atoms with Gasteiger partial charge in [0.1, 0.15) is 0 Å². The van der Waals surface area contributed by atoms with Crippen molar-refractivity contribution < 1.29 is 0 Å². The number of allylic oxidation sites excluding steroid dienone is 1. The van der Waals surface area contributed by atoms with Crippen molar-refractivity contribution in [1.29, 1.82) is 0 Å². The molecule has 1 atom stereocenters. The van der Waals surface area contributed by atoms with Crippen LogP contribution in [-0.4, -0.2) is 6.54 Å². The van der Waals surface area contributed by atoms with E-state index in [4.69, 9.17) is 0 Å². The van der Waals surface area contributed by atoms with E-state index >= 15 is 0 Å². The van der Waals surface area contributed by atoms with Gasteiger partial charge in [-0.1, -0.05) is 42.0 Å². The first-order valence-electron chi connectivity index (χ1n) is 5.12. The van der Waals surface area contributed by atoms with Crippen LogP contribution in [0.2, 0.25) is 0 Å². The summed E-state index contributed by atoms with van der Waals surface area (Å²) in [6.07, 6.45) is 2.21. The van der Waals surface area contributed by atoms with Gasteiger partial charge in [-0.2, -0.15) is 0 Å². The second-order valence-electron chi connectivity index (χ2n) is 3.82. The third-order valence-corrected chi connectivity index (χ3v) is 2.23. The van der Waals surface area contributed by atoms with Crippen molar-refractivity contribution in [3.63, 3.8) is 0 Å². The van der Waals surface area contributed by atoms with Gasteiger partial charge in [0.2, 0.25) is 0 Å². The predicted molar refractivity (Wildman–Crippen MR) is 62.3 cm³/mol. The summed E-state index contributed by atoms with van der Waals surface area (Å²) >= 11 is 0. The summed E-state index contributed by atoms with van der Waals surface area (Å²) in [5.41, 5.74) is 2.70. The Bertz CT molecular complexity index is 283. The standard InChI is InChI=1S/C13H19N/c1-11(2)9-10-14-12(3)13-7-5-4-6-8-13/h4-9,12,14H,10H2,1-3H3. The summed E-state index contributed by atoms with van der Waals surface area (Å²) in [6.45, 7) is 7.37. The Morgan fingerprint density at radius 1 is 1.29 bits per heavy atom. The smallest absolute Gasteiger partial charge is 0.0294 e. The van der Waals surface area contributed by atoms with Crippen LogP contribution in [0.5, 0.6) is 0 Å². The van der Waals surface area contributed by atoms with Gasteiger partial charge in [0.05, 0.1) is 0 Å². The van der Waals surface area contributed by atoms with Crippen LogP contribution >= 0.6 is 0 Å². The van der Waals surface area contributed by atoms with Crippen molar-refractivity contribution in [2.75, 3.05) is 6.54 Å². The second-order valence-corrected chi connectivity index (χ2v) is 3.82. The summed E-state index contributed by atoms with van der Waals surface area (Å²) in [4.78, 5) is 0. The lowest BCUT2D eigenvalue weighted by molar-refractivity contribution is 0.616. The summed E-state index contributed by atoms with van der Waals surface area (Å²) < 4.78 is 0. The van der Waals surface area contributed by atoms with Crippen molar-refractivity contribution in [3.05, 3.63) is 47.5 Å². The zero-order valence-corrected chi connectivity index (χ0v) is 9.25. The van der Waals surface area contributed by atoms with Crippen LogP contribution in [0.15, 0.2) is 42.0 Å². The average molecular weight is 189 g/mol. The lowest BCUT2D eigenvalue weighted by Crippen LogP contribution is -2.18. The predicted octanol–water partition coefficient (Wildman–Crippen LogP) is 3.30. The van der Waals surface area contributed by atoms with E-state index in [2.05, 4.69) is 56.4 Å². The molecule has 1 nitrogen and oxygen atoms in total. The summed E-state index contributed by atoms with van der Waals surface area (Å²) in [5, 5.41) is 3.45. The molecule has 76 valence electrons. The molecule has 0 aliphatic rings. The molecule has 1 N–H and O–H groups in total. The molecule has 1 rings (SSSR count). The maximum atomic E-state index is 3.45. The van der Waals surface area contributed by atoms with E-state index in [-0.39, 0.29) is 0 Å². The average Bonchev–Trinajstić information content (AvgIpc) is 2.18. The van der Waals surface area contributed by atoms with E-state index in [0.717, 1.165) is 6.54 Å². The lowest BCUT2D eigenvalue weighted by Gasteiger charge is -2.12. The zero-order valence-electron chi connectivity index (χ0n) is 9.25. The molecule has 0 bridgehead atoms. The molecule has 1 unspecified atom stereocenters. The number of benzene rings is 1. The molecule has 0 radical (unpaired) electrons. The van der Waals surface area contributed by atoms with Crippen LogP contribution < -0.4 is 5.32 Å². The van der Waals surface area contributed by atoms with Gasteiger partial charge in [0.15, 0.2) is 0 Å². The zero-order chi connectivity index (χ0) is 10.4. The van der Waals surface area contributed by atoms with Gasteiger partial charge in [-0.15, -0.1) is 0 Å². The Morgan fingerprint density at radius 3 is 2.50 bits per heavy atom. The third kappa shape index (κ3) is 3.75. The van der Waals surface area contributed by atoms with Crippen LogP contribution in [0.1, 0.15) is 32.4 Å². The van der Waals surface area contributed by atoms with Gasteiger partial charge < -0.3 is 5.32 Å². The van der Waals surface area contributed by atoms with Gasteiger partial charge in [-0.05, 0) is 26.3 Å². The first kappa shape index (κ1) is 11.0. The first-order chi connectivity index (χ1) is 6.70. The highest BCUT2D eigenvalue weighted by molar-refractivity contribution is 5.18. The van der Waals surface area contributed by atoms with Crippen LogP contribution in [0.4, 0.5) is 0 Å². The number of rotatable bonds is 4. The molecule has 0 heterocycles. The number of hydrogen-bond acceptors (Lipinski definition) is 1. The van der Waals surface area contributed by atoms with Gasteiger partial charge in [-0.25, -0.2) is 0 Å². The van der Waals surface area contributed by atoms with E-state index in [0.29, 0.717) is 6.04 Å². The molecule has 0 aliphatic carbocycles. The van der Waals surface area contributed by atoms with Gasteiger partial charge in [0, 0.05) is 12.6 Å². The molecule has 0 saturated heterocycles. The van der Waals surface area contributed by atoms with E-state index < -0.39 is 0 Å². The first-order valence-corrected chi connectivity index (χ1v) is 5.12. The highest BCUT2D eigenvalue weighted by Gasteiger charge is 2.00. The molecule has 14 heavy (non-hydrogen) atoms. The third-order valence-electron chi connectivity index (χ3n) is 2.23. The van der Waals surface area contributed by atoms with E-state index in [1.807, 2.05) is 6.07 Å². The normalized spacial score (nSPS) is 12.2. The number of nitrogens with one attached hydrogen (secondary N) is 1. The quantitative estimate of drug-likeness (QED) is 0.717. The molecule has 0 aliphatic heterocycles. The minimum absolute atomic E-state index is 0.423. The molecule has 0 amide bonds. The number of hydrogen-bond donors (Lipinski definition) is 1. The molecule has 1 aromatic rings. The van der Waals surface area contributed by atoms with Crippen molar-refractivity contribution >= 4 is 0 Å². The van der Waals surface area contributed by atoms with Crippen molar-refractivity contribution in [3.8, 4) is 0 Å². The Morgan fingerprint density at radius 2 is 1.93 bits per heavy atom. The highest BCUT2D eigenvalue weighted by Crippen LogP contribution is 2.10. The summed E-state index contributed by atoms with van der Waals surface area (Å²) in [7, 11) is 0. The Kier molecular flexibility index (Phi) is 4.41. The van der Waals surface area contributed by atoms with E-state index in [1.165, 1.54) is 11.1 Å². The maximum Gasteiger partial charge on any atom is 0.0294 e. The Balaban J connectivity index is 2.43. The van der Waals surface area contributed by atoms with Crippen molar-refractivity contribution in [1.82, 2.24) is 5.32 Å². The second kappa shape index (κ2) is 5.61. The van der Waals surface area contributed by atoms with Gasteiger partial charge in [-0.3, -0.25) is 0 Å². The molecule has 1 heteroatoms.